The van der Waals surface area contributed by atoms with Crippen LogP contribution in [0.4, 0.5) is 14.9 Å². The second-order valence-electron chi connectivity index (χ2n) is 14.2. The Morgan fingerprint density at radius 1 is 1.00 bits per heavy atom. The first kappa shape index (κ1) is 36.6. The zero-order valence-electron chi connectivity index (χ0n) is 28.9. The molecule has 46 heavy (non-hydrogen) atoms. The Morgan fingerprint density at radius 2 is 1.59 bits per heavy atom. The molecule has 0 unspecified atom stereocenters. The number of halogens is 1. The summed E-state index contributed by atoms with van der Waals surface area (Å²) in [4.78, 5) is 54.4. The van der Waals surface area contributed by atoms with Gasteiger partial charge in [0.25, 0.3) is 0 Å². The van der Waals surface area contributed by atoms with Gasteiger partial charge in [-0.1, -0.05) is 27.7 Å². The van der Waals surface area contributed by atoms with Crippen LogP contribution in [-0.2, 0) is 14.3 Å². The van der Waals surface area contributed by atoms with E-state index in [-0.39, 0.29) is 41.5 Å². The molecule has 1 saturated carbocycles. The minimum absolute atomic E-state index is 0.00288. The largest absolute Gasteiger partial charge is 0.492 e. The molecule has 11 nitrogen and oxygen atoms in total. The lowest BCUT2D eigenvalue weighted by Gasteiger charge is -2.37. The predicted molar refractivity (Wildman–Crippen MR) is 174 cm³/mol. The van der Waals surface area contributed by atoms with Crippen LogP contribution in [0.15, 0.2) is 17.1 Å². The molecule has 1 aliphatic carbocycles. The number of piperazine rings is 1. The first-order chi connectivity index (χ1) is 21.3. The van der Waals surface area contributed by atoms with E-state index in [1.807, 2.05) is 13.8 Å². The zero-order valence-corrected chi connectivity index (χ0v) is 28.9. The number of fused-ring (bicyclic) bond motifs is 1. The third kappa shape index (κ3) is 8.30. The van der Waals surface area contributed by atoms with Crippen molar-refractivity contribution in [3.05, 3.63) is 33.9 Å². The smallest absolute Gasteiger partial charge is 0.410 e. The molecule has 1 N–H and O–H groups in total. The quantitative estimate of drug-likeness (QED) is 0.314. The van der Waals surface area contributed by atoms with Crippen LogP contribution in [0.3, 0.4) is 0 Å². The van der Waals surface area contributed by atoms with Crippen molar-refractivity contribution in [1.29, 1.82) is 0 Å². The lowest BCUT2D eigenvalue weighted by molar-refractivity contribution is -0.149. The molecule has 0 atom stereocenters. The maximum atomic E-state index is 15.9. The maximum absolute atomic E-state index is 15.9. The minimum atomic E-state index is -1.04. The van der Waals surface area contributed by atoms with Crippen molar-refractivity contribution in [2.45, 2.75) is 93.2 Å². The number of amides is 1. The molecule has 1 aliphatic heterocycles. The van der Waals surface area contributed by atoms with Gasteiger partial charge >= 0.3 is 18.0 Å². The number of methoxy groups -OCH3 is 1. The normalized spacial score (nSPS) is 15.6. The number of nitrogens with zero attached hydrogens (tertiary/aromatic N) is 3. The van der Waals surface area contributed by atoms with Gasteiger partial charge in [-0.05, 0) is 59.9 Å². The Bertz CT molecular complexity index is 1510. The Kier molecular flexibility index (Phi) is 11.1. The van der Waals surface area contributed by atoms with E-state index in [2.05, 4.69) is 0 Å². The topological polar surface area (TPSA) is 128 Å². The fourth-order valence-electron chi connectivity index (χ4n) is 5.82. The van der Waals surface area contributed by atoms with Crippen LogP contribution in [0.5, 0.6) is 5.75 Å². The van der Waals surface area contributed by atoms with Crippen LogP contribution in [0, 0.1) is 16.6 Å². The van der Waals surface area contributed by atoms with Crippen molar-refractivity contribution < 1.29 is 38.1 Å². The molecule has 12 heteroatoms. The van der Waals surface area contributed by atoms with Crippen molar-refractivity contribution in [2.24, 2.45) is 10.8 Å². The van der Waals surface area contributed by atoms with Gasteiger partial charge < -0.3 is 33.7 Å². The minimum Gasteiger partial charge on any atom is -0.492 e. The van der Waals surface area contributed by atoms with E-state index in [0.29, 0.717) is 31.7 Å². The number of aliphatic carboxylic acids is 1. The average molecular weight is 648 g/mol. The van der Waals surface area contributed by atoms with Crippen LogP contribution in [0.25, 0.3) is 10.9 Å². The van der Waals surface area contributed by atoms with E-state index >= 15 is 4.39 Å². The lowest BCUT2D eigenvalue weighted by atomic mass is 9.75. The number of hydrogen-bond donors (Lipinski definition) is 1. The fourth-order valence-corrected chi connectivity index (χ4v) is 5.82. The van der Waals surface area contributed by atoms with Gasteiger partial charge in [-0.15, -0.1) is 0 Å². The lowest BCUT2D eigenvalue weighted by Crippen LogP contribution is -2.50. The maximum Gasteiger partial charge on any atom is 0.410 e. The van der Waals surface area contributed by atoms with Crippen LogP contribution >= 0.6 is 0 Å². The molecule has 2 aliphatic rings. The van der Waals surface area contributed by atoms with Crippen LogP contribution < -0.4 is 15.1 Å². The molecule has 1 aromatic carbocycles. The van der Waals surface area contributed by atoms with Gasteiger partial charge in [-0.25, -0.2) is 14.0 Å². The van der Waals surface area contributed by atoms with Crippen molar-refractivity contribution in [3.8, 4) is 5.75 Å². The monoisotopic (exact) mass is 647 g/mol. The molecule has 4 rings (SSSR count). The number of carboxylic acids is 1. The molecule has 2 fully saturated rings. The van der Waals surface area contributed by atoms with Gasteiger partial charge in [0.2, 0.25) is 5.43 Å². The summed E-state index contributed by atoms with van der Waals surface area (Å²) in [5, 5.41) is 9.51. The second-order valence-corrected chi connectivity index (χ2v) is 14.2. The van der Waals surface area contributed by atoms with E-state index in [0.717, 1.165) is 18.9 Å². The number of carbonyl (C=O) groups excluding carboxylic acids is 2. The van der Waals surface area contributed by atoms with Crippen LogP contribution in [-0.4, -0.2) is 78.1 Å². The van der Waals surface area contributed by atoms with E-state index in [9.17, 15) is 24.3 Å². The molecule has 1 amide bonds. The van der Waals surface area contributed by atoms with Crippen LogP contribution in [0.2, 0.25) is 0 Å². The highest BCUT2D eigenvalue weighted by atomic mass is 19.1. The fraction of sp³-hybridized carbons (Fsp3) is 0.647. The summed E-state index contributed by atoms with van der Waals surface area (Å²) in [6.45, 7) is 17.4. The van der Waals surface area contributed by atoms with E-state index in [1.54, 1.807) is 62.8 Å². The number of pyridine rings is 1. The molecule has 2 heterocycles. The first-order valence-electron chi connectivity index (χ1n) is 15.9. The number of carbonyl (C=O) groups is 3. The molecule has 0 radical (unpaired) electrons. The van der Waals surface area contributed by atoms with Gasteiger partial charge in [0.15, 0.2) is 11.6 Å². The second kappa shape index (κ2) is 13.9. The number of esters is 1. The Balaban J connectivity index is 0.00000282. The number of rotatable bonds is 9. The molecular formula is C34H50FN3O8. The van der Waals surface area contributed by atoms with E-state index in [4.69, 9.17) is 14.2 Å². The highest BCUT2D eigenvalue weighted by Crippen LogP contribution is 2.44. The average Bonchev–Trinajstić information content (AvgIpc) is 3.81. The summed E-state index contributed by atoms with van der Waals surface area (Å²) < 4.78 is 34.5. The number of hydrogen-bond acceptors (Lipinski definition) is 8. The highest BCUT2D eigenvalue weighted by molar-refractivity contribution is 5.97. The molecule has 1 saturated heterocycles. The number of ether oxygens (including phenoxy) is 3. The van der Waals surface area contributed by atoms with Crippen LogP contribution in [0.1, 0.15) is 98.0 Å². The van der Waals surface area contributed by atoms with E-state index < -0.39 is 45.7 Å². The van der Waals surface area contributed by atoms with Crippen molar-refractivity contribution >= 4 is 34.6 Å². The summed E-state index contributed by atoms with van der Waals surface area (Å²) in [5.74, 6) is -2.30. The molecule has 0 spiro atoms. The summed E-state index contributed by atoms with van der Waals surface area (Å²) in [7, 11) is 1.42. The standard InChI is InChI=1S/C32H44FN3O8.C2H6/c1-30(2,3)44-29(41)35-13-11-34(12-14-35)24-22(33)15-20-23(26(24)42-8)36(19-9-10-19)16-21(25(20)37)27(38)43-18-31(4,5)17-32(6,7)28(39)40;1-2/h15-16,19H,9-14,17-18H2,1-8H3,(H,39,40);1-2H3. The zero-order chi connectivity index (χ0) is 34.8. The van der Waals surface area contributed by atoms with Crippen molar-refractivity contribution in [3.63, 3.8) is 0 Å². The van der Waals surface area contributed by atoms with Gasteiger partial charge in [0, 0.05) is 43.8 Å². The van der Waals surface area contributed by atoms with Crippen molar-refractivity contribution in [1.82, 2.24) is 9.47 Å². The molecular weight excluding hydrogens is 597 g/mol. The van der Waals surface area contributed by atoms with Crippen molar-refractivity contribution in [2.75, 3.05) is 44.8 Å². The SMILES string of the molecule is CC.COc1c(N2CCN(C(=O)OC(C)(C)C)CC2)c(F)cc2c(=O)c(C(=O)OCC(C)(C)CC(C)(C)C(=O)O)cn(C3CC3)c12. The van der Waals surface area contributed by atoms with Gasteiger partial charge in [-0.2, -0.15) is 0 Å². The first-order valence-corrected chi connectivity index (χ1v) is 15.9. The van der Waals surface area contributed by atoms with Gasteiger partial charge in [0.05, 0.1) is 30.0 Å². The summed E-state index contributed by atoms with van der Waals surface area (Å²) in [6, 6.07) is 1.14. The Hall–Kier alpha value is -3.83. The number of aromatic nitrogens is 1. The number of carboxylic acid groups (broad SMARTS) is 1. The van der Waals surface area contributed by atoms with E-state index in [1.165, 1.54) is 13.3 Å². The molecule has 0 bridgehead atoms. The summed E-state index contributed by atoms with van der Waals surface area (Å²) >= 11 is 0. The predicted octanol–water partition coefficient (Wildman–Crippen LogP) is 6.25. The van der Waals surface area contributed by atoms with Gasteiger partial charge in [0.1, 0.15) is 16.9 Å². The molecule has 256 valence electrons. The third-order valence-electron chi connectivity index (χ3n) is 7.90. The highest BCUT2D eigenvalue weighted by Gasteiger charge is 2.37. The number of anilines is 1. The summed E-state index contributed by atoms with van der Waals surface area (Å²) in [5.41, 5.74) is -2.66. The summed E-state index contributed by atoms with van der Waals surface area (Å²) in [6.07, 6.45) is 2.90. The van der Waals surface area contributed by atoms with Gasteiger partial charge in [-0.3, -0.25) is 9.59 Å². The molecule has 1 aromatic heterocycles. The molecule has 2 aromatic rings. The Labute approximate surface area is 270 Å². The number of benzene rings is 1. The Morgan fingerprint density at radius 3 is 2.09 bits per heavy atom. The third-order valence-corrected chi connectivity index (χ3v) is 7.90.